The highest BCUT2D eigenvalue weighted by molar-refractivity contribution is 5.75. The first-order valence-corrected chi connectivity index (χ1v) is 10.6. The number of oxazole rings is 1. The van der Waals surface area contributed by atoms with Crippen LogP contribution in [0.5, 0.6) is 5.75 Å². The van der Waals surface area contributed by atoms with Crippen molar-refractivity contribution >= 4 is 17.3 Å². The van der Waals surface area contributed by atoms with Gasteiger partial charge in [0.15, 0.2) is 5.58 Å². The second kappa shape index (κ2) is 8.00. The molecule has 0 saturated heterocycles. The Morgan fingerprint density at radius 2 is 1.92 bits per heavy atom. The highest BCUT2D eigenvalue weighted by atomic mass is 19.4. The first-order chi connectivity index (χ1) is 17.0. The molecular weight excluding hydrogens is 487 g/mol. The Labute approximate surface area is 198 Å². The summed E-state index contributed by atoms with van der Waals surface area (Å²) in [5.41, 5.74) is -2.18. The van der Waals surface area contributed by atoms with Crippen LogP contribution in [0.1, 0.15) is 29.2 Å². The molecule has 1 aliphatic rings. The zero-order valence-electron chi connectivity index (χ0n) is 18.4. The van der Waals surface area contributed by atoms with Crippen LogP contribution < -0.4 is 21.7 Å². The van der Waals surface area contributed by atoms with Gasteiger partial charge >= 0.3 is 23.8 Å². The van der Waals surface area contributed by atoms with Gasteiger partial charge in [0.1, 0.15) is 0 Å². The SMILES string of the molecule is Cn1c(=O)oc2cc(-n3cc(OC(=O)O)c(=O)n([C@@H]4CCc5c4cccc5C(F)(F)F)c3=O)ccc21. The Kier molecular flexibility index (Phi) is 5.16. The lowest BCUT2D eigenvalue weighted by Gasteiger charge is -2.19. The molecule has 1 atom stereocenters. The zero-order valence-corrected chi connectivity index (χ0v) is 18.4. The van der Waals surface area contributed by atoms with E-state index in [0.717, 1.165) is 16.8 Å². The number of aromatic nitrogens is 3. The maximum atomic E-state index is 13.5. The zero-order chi connectivity index (χ0) is 25.9. The first kappa shape index (κ1) is 23.2. The lowest BCUT2D eigenvalue weighted by Crippen LogP contribution is -2.42. The van der Waals surface area contributed by atoms with Gasteiger partial charge in [0.2, 0.25) is 5.75 Å². The van der Waals surface area contributed by atoms with Crippen molar-refractivity contribution in [1.29, 1.82) is 0 Å². The average molecular weight is 503 g/mol. The van der Waals surface area contributed by atoms with Crippen molar-refractivity contribution in [3.63, 3.8) is 0 Å². The predicted molar refractivity (Wildman–Crippen MR) is 118 cm³/mol. The van der Waals surface area contributed by atoms with Gasteiger partial charge in [-0.3, -0.25) is 13.9 Å². The van der Waals surface area contributed by atoms with Gasteiger partial charge in [-0.15, -0.1) is 0 Å². The third-order valence-electron chi connectivity index (χ3n) is 6.20. The summed E-state index contributed by atoms with van der Waals surface area (Å²) in [4.78, 5) is 49.7. The van der Waals surface area contributed by atoms with E-state index in [0.29, 0.717) is 10.1 Å². The van der Waals surface area contributed by atoms with Crippen molar-refractivity contribution in [2.45, 2.75) is 25.1 Å². The van der Waals surface area contributed by atoms with Crippen LogP contribution in [0.25, 0.3) is 16.8 Å². The number of alkyl halides is 3. The number of nitrogens with zero attached hydrogens (tertiary/aromatic N) is 3. The van der Waals surface area contributed by atoms with Crippen LogP contribution in [0.3, 0.4) is 0 Å². The van der Waals surface area contributed by atoms with Gasteiger partial charge in [0.25, 0.3) is 5.56 Å². The minimum atomic E-state index is -4.63. The molecule has 0 unspecified atom stereocenters. The molecule has 13 heteroatoms. The maximum Gasteiger partial charge on any atom is 0.511 e. The number of aryl methyl sites for hydroxylation is 1. The fourth-order valence-electron chi connectivity index (χ4n) is 4.61. The van der Waals surface area contributed by atoms with Gasteiger partial charge in [-0.1, -0.05) is 12.1 Å². The maximum absolute atomic E-state index is 13.5. The van der Waals surface area contributed by atoms with Crippen LogP contribution in [0.15, 0.2) is 61.4 Å². The molecule has 1 N–H and O–H groups in total. The van der Waals surface area contributed by atoms with Gasteiger partial charge in [-0.25, -0.2) is 19.0 Å². The van der Waals surface area contributed by atoms with Crippen molar-refractivity contribution in [1.82, 2.24) is 13.7 Å². The monoisotopic (exact) mass is 503 g/mol. The molecule has 0 fully saturated rings. The summed E-state index contributed by atoms with van der Waals surface area (Å²) in [5, 5.41) is 9.10. The Hall–Kier alpha value is -4.55. The molecule has 0 amide bonds. The van der Waals surface area contributed by atoms with Crippen LogP contribution in [0.4, 0.5) is 18.0 Å². The summed E-state index contributed by atoms with van der Waals surface area (Å²) in [6, 6.07) is 6.67. The Balaban J connectivity index is 1.75. The second-order valence-electron chi connectivity index (χ2n) is 8.19. The van der Waals surface area contributed by atoms with E-state index in [1.165, 1.54) is 41.9 Å². The van der Waals surface area contributed by atoms with E-state index in [-0.39, 0.29) is 35.2 Å². The highest BCUT2D eigenvalue weighted by Crippen LogP contribution is 2.41. The van der Waals surface area contributed by atoms with E-state index >= 15 is 0 Å². The fraction of sp³-hybridized carbons (Fsp3) is 0.217. The summed E-state index contributed by atoms with van der Waals surface area (Å²) < 4.78 is 53.2. The van der Waals surface area contributed by atoms with Gasteiger partial charge in [0, 0.05) is 13.1 Å². The van der Waals surface area contributed by atoms with E-state index in [9.17, 15) is 32.3 Å². The first-order valence-electron chi connectivity index (χ1n) is 10.6. The van der Waals surface area contributed by atoms with Crippen LogP contribution in [0, 0.1) is 0 Å². The number of carbonyl (C=O) groups is 1. The number of fused-ring (bicyclic) bond motifs is 2. The van der Waals surface area contributed by atoms with E-state index in [1.54, 1.807) is 0 Å². The number of benzene rings is 2. The number of hydrogen-bond acceptors (Lipinski definition) is 6. The number of hydrogen-bond donors (Lipinski definition) is 1. The molecule has 36 heavy (non-hydrogen) atoms. The van der Waals surface area contributed by atoms with Crippen molar-refractivity contribution in [3.05, 3.63) is 90.7 Å². The fourth-order valence-corrected chi connectivity index (χ4v) is 4.61. The second-order valence-corrected chi connectivity index (χ2v) is 8.19. The van der Waals surface area contributed by atoms with Crippen LogP contribution in [0.2, 0.25) is 0 Å². The third kappa shape index (κ3) is 3.59. The van der Waals surface area contributed by atoms with E-state index in [2.05, 4.69) is 4.74 Å². The Morgan fingerprint density at radius 3 is 2.61 bits per heavy atom. The normalized spacial score (nSPS) is 15.3. The van der Waals surface area contributed by atoms with Gasteiger partial charge < -0.3 is 14.3 Å². The number of carboxylic acid groups (broad SMARTS) is 1. The van der Waals surface area contributed by atoms with Gasteiger partial charge in [0.05, 0.1) is 29.0 Å². The standard InChI is InChI=1S/C23H16F3N3O7/c1-27-16-7-5-11(9-17(16)35-21(27)32)28-10-18(36-22(33)34)19(30)29(20(28)31)15-8-6-12-13(15)3-2-4-14(12)23(24,25)26/h2-5,7,9-10,15H,6,8H2,1H3,(H,33,34)/t15-/m1/s1. The molecule has 0 radical (unpaired) electrons. The molecule has 1 aliphatic carbocycles. The van der Waals surface area contributed by atoms with Crippen molar-refractivity contribution in [2.75, 3.05) is 0 Å². The predicted octanol–water partition coefficient (Wildman–Crippen LogP) is 3.06. The topological polar surface area (TPSA) is 126 Å². The molecule has 10 nitrogen and oxygen atoms in total. The van der Waals surface area contributed by atoms with E-state index in [4.69, 9.17) is 9.52 Å². The van der Waals surface area contributed by atoms with Crippen LogP contribution in [-0.4, -0.2) is 25.0 Å². The summed E-state index contributed by atoms with van der Waals surface area (Å²) in [6.45, 7) is 0. The minimum Gasteiger partial charge on any atom is -0.449 e. The van der Waals surface area contributed by atoms with Crippen LogP contribution in [-0.2, 0) is 19.6 Å². The number of rotatable bonds is 3. The molecule has 2 heterocycles. The molecule has 4 aromatic rings. The van der Waals surface area contributed by atoms with Crippen LogP contribution >= 0.6 is 0 Å². The van der Waals surface area contributed by atoms with Gasteiger partial charge in [-0.2, -0.15) is 13.2 Å². The molecule has 186 valence electrons. The molecular formula is C23H16F3N3O7. The van der Waals surface area contributed by atoms with E-state index < -0.39 is 46.7 Å². The Morgan fingerprint density at radius 1 is 1.17 bits per heavy atom. The molecule has 2 aromatic heterocycles. The summed E-state index contributed by atoms with van der Waals surface area (Å²) in [6.07, 6.45) is -5.62. The third-order valence-corrected chi connectivity index (χ3v) is 6.20. The quantitative estimate of drug-likeness (QED) is 0.426. The van der Waals surface area contributed by atoms with Gasteiger partial charge in [-0.05, 0) is 42.2 Å². The molecule has 0 spiro atoms. The lowest BCUT2D eigenvalue weighted by atomic mass is 10.0. The average Bonchev–Trinajstić information content (AvgIpc) is 3.35. The Bertz CT molecular complexity index is 1730. The summed E-state index contributed by atoms with van der Waals surface area (Å²) >= 11 is 0. The highest BCUT2D eigenvalue weighted by Gasteiger charge is 2.38. The molecule has 2 aromatic carbocycles. The minimum absolute atomic E-state index is 0.000688. The summed E-state index contributed by atoms with van der Waals surface area (Å²) in [7, 11) is 1.48. The smallest absolute Gasteiger partial charge is 0.449 e. The molecule has 5 rings (SSSR count). The van der Waals surface area contributed by atoms with Crippen molar-refractivity contribution < 1.29 is 32.2 Å². The molecule has 0 aliphatic heterocycles. The van der Waals surface area contributed by atoms with Crippen molar-refractivity contribution in [2.24, 2.45) is 7.05 Å². The molecule has 0 saturated carbocycles. The molecule has 0 bridgehead atoms. The number of ether oxygens (including phenoxy) is 1. The summed E-state index contributed by atoms with van der Waals surface area (Å²) in [5.74, 6) is -1.38. The number of halogens is 3. The largest absolute Gasteiger partial charge is 0.511 e. The van der Waals surface area contributed by atoms with E-state index in [1.807, 2.05) is 0 Å². The van der Waals surface area contributed by atoms with Crippen molar-refractivity contribution in [3.8, 4) is 11.4 Å². The lowest BCUT2D eigenvalue weighted by molar-refractivity contribution is -0.138.